The van der Waals surface area contributed by atoms with Gasteiger partial charge in [0.05, 0.1) is 12.8 Å². The van der Waals surface area contributed by atoms with E-state index in [4.69, 9.17) is 4.74 Å². The molecule has 0 saturated carbocycles. The minimum absolute atomic E-state index is 0.0755. The highest BCUT2D eigenvalue weighted by Crippen LogP contribution is 2.36. The molecule has 156 valence electrons. The lowest BCUT2D eigenvalue weighted by atomic mass is 9.80. The second kappa shape index (κ2) is 8.74. The number of nitrogens with zero attached hydrogens (tertiary/aromatic N) is 3. The Hall–Kier alpha value is -3.07. The largest absolute Gasteiger partial charge is 0.497 e. The zero-order valence-corrected chi connectivity index (χ0v) is 17.2. The fourth-order valence-corrected chi connectivity index (χ4v) is 4.65. The van der Waals surface area contributed by atoms with E-state index in [-0.39, 0.29) is 17.4 Å². The van der Waals surface area contributed by atoms with Gasteiger partial charge in [-0.15, -0.1) is 0 Å². The first-order chi connectivity index (χ1) is 14.6. The first-order valence-corrected chi connectivity index (χ1v) is 10.5. The molecule has 1 aliphatic carbocycles. The van der Waals surface area contributed by atoms with Crippen molar-refractivity contribution in [1.29, 1.82) is 5.26 Å². The number of carbonyl (C=O) groups excluding carboxylic acids is 1. The minimum Gasteiger partial charge on any atom is -0.497 e. The summed E-state index contributed by atoms with van der Waals surface area (Å²) >= 11 is 0. The number of nitriles is 1. The number of anilines is 1. The van der Waals surface area contributed by atoms with Crippen molar-refractivity contribution in [2.24, 2.45) is 0 Å². The summed E-state index contributed by atoms with van der Waals surface area (Å²) in [7, 11) is 1.68. The molecule has 0 N–H and O–H groups in total. The molecule has 1 saturated heterocycles. The van der Waals surface area contributed by atoms with Crippen molar-refractivity contribution in [3.05, 3.63) is 58.9 Å². The predicted molar refractivity (Wildman–Crippen MR) is 113 cm³/mol. The molecular formula is C24H26FN3O2. The second-order valence-electron chi connectivity index (χ2n) is 7.97. The van der Waals surface area contributed by atoms with E-state index >= 15 is 0 Å². The second-order valence-corrected chi connectivity index (χ2v) is 7.97. The molecule has 6 heteroatoms. The van der Waals surface area contributed by atoms with Gasteiger partial charge in [0, 0.05) is 32.6 Å². The van der Waals surface area contributed by atoms with Crippen LogP contribution in [0.5, 0.6) is 5.75 Å². The van der Waals surface area contributed by atoms with Crippen LogP contribution < -0.4 is 9.64 Å². The summed E-state index contributed by atoms with van der Waals surface area (Å²) in [5.41, 5.74) is 3.25. The van der Waals surface area contributed by atoms with Crippen molar-refractivity contribution in [3.8, 4) is 11.8 Å². The molecule has 1 atom stereocenters. The van der Waals surface area contributed by atoms with E-state index < -0.39 is 5.82 Å². The third-order valence-electron chi connectivity index (χ3n) is 6.29. The first-order valence-electron chi connectivity index (χ1n) is 10.5. The number of halogens is 1. The number of piperazine rings is 1. The third kappa shape index (κ3) is 3.97. The number of amides is 1. The van der Waals surface area contributed by atoms with E-state index in [1.165, 1.54) is 17.2 Å². The van der Waals surface area contributed by atoms with Gasteiger partial charge in [0.1, 0.15) is 23.2 Å². The lowest BCUT2D eigenvalue weighted by molar-refractivity contribution is -0.132. The Bertz CT molecular complexity index is 977. The Kier molecular flexibility index (Phi) is 5.89. The smallest absolute Gasteiger partial charge is 0.223 e. The molecule has 0 aromatic heterocycles. The molecule has 0 radical (unpaired) electrons. The molecule has 0 spiro atoms. The van der Waals surface area contributed by atoms with Crippen LogP contribution in [0.4, 0.5) is 10.1 Å². The van der Waals surface area contributed by atoms with E-state index in [0.717, 1.165) is 25.0 Å². The molecule has 5 nitrogen and oxygen atoms in total. The lowest BCUT2D eigenvalue weighted by Crippen LogP contribution is -2.49. The van der Waals surface area contributed by atoms with Crippen LogP contribution in [-0.4, -0.2) is 44.1 Å². The molecule has 30 heavy (non-hydrogen) atoms. The van der Waals surface area contributed by atoms with Gasteiger partial charge in [-0.3, -0.25) is 4.79 Å². The van der Waals surface area contributed by atoms with Crippen molar-refractivity contribution >= 4 is 11.6 Å². The van der Waals surface area contributed by atoms with Gasteiger partial charge in [0.15, 0.2) is 0 Å². The molecule has 1 heterocycles. The zero-order valence-electron chi connectivity index (χ0n) is 17.2. The van der Waals surface area contributed by atoms with E-state index in [1.807, 2.05) is 21.9 Å². The standard InChI is InChI=1S/C24H26FN3O2/c1-30-19-8-9-20-17(14-19)4-2-5-18(20)15-24(29)28-12-10-27(11-13-28)23-7-3-6-22(25)21(23)16-26/h3,6-9,14,18H,2,4-5,10-13,15H2,1H3. The van der Waals surface area contributed by atoms with Crippen LogP contribution in [0.2, 0.25) is 0 Å². The zero-order chi connectivity index (χ0) is 21.1. The van der Waals surface area contributed by atoms with E-state index in [1.54, 1.807) is 19.2 Å². The normalized spacial score (nSPS) is 18.5. The van der Waals surface area contributed by atoms with Gasteiger partial charge in [-0.25, -0.2) is 4.39 Å². The minimum atomic E-state index is -0.499. The maximum Gasteiger partial charge on any atom is 0.223 e. The summed E-state index contributed by atoms with van der Waals surface area (Å²) in [4.78, 5) is 16.9. The highest BCUT2D eigenvalue weighted by atomic mass is 19.1. The number of aryl methyl sites for hydroxylation is 1. The highest BCUT2D eigenvalue weighted by Gasteiger charge is 2.28. The van der Waals surface area contributed by atoms with Crippen molar-refractivity contribution in [2.45, 2.75) is 31.6 Å². The van der Waals surface area contributed by atoms with Gasteiger partial charge in [0.2, 0.25) is 5.91 Å². The number of ether oxygens (including phenoxy) is 1. The van der Waals surface area contributed by atoms with Gasteiger partial charge in [-0.05, 0) is 60.6 Å². The van der Waals surface area contributed by atoms with Gasteiger partial charge in [-0.2, -0.15) is 5.26 Å². The number of rotatable bonds is 4. The fourth-order valence-electron chi connectivity index (χ4n) is 4.65. The molecule has 1 fully saturated rings. The van der Waals surface area contributed by atoms with Crippen LogP contribution in [0, 0.1) is 17.1 Å². The average molecular weight is 407 g/mol. The van der Waals surface area contributed by atoms with Crippen LogP contribution in [0.25, 0.3) is 0 Å². The number of carbonyl (C=O) groups is 1. The summed E-state index contributed by atoms with van der Waals surface area (Å²) in [6.07, 6.45) is 3.66. The summed E-state index contributed by atoms with van der Waals surface area (Å²) in [5.74, 6) is 0.786. The Balaban J connectivity index is 1.39. The maximum atomic E-state index is 13.9. The monoisotopic (exact) mass is 407 g/mol. The van der Waals surface area contributed by atoms with E-state index in [0.29, 0.717) is 38.3 Å². The summed E-state index contributed by atoms with van der Waals surface area (Å²) in [6, 6.07) is 12.8. The Morgan fingerprint density at radius 1 is 1.23 bits per heavy atom. The van der Waals surface area contributed by atoms with Gasteiger partial charge < -0.3 is 14.5 Å². The van der Waals surface area contributed by atoms with Gasteiger partial charge in [-0.1, -0.05) is 12.1 Å². The molecule has 0 bridgehead atoms. The SMILES string of the molecule is COc1ccc2c(c1)CCCC2CC(=O)N1CCN(c2cccc(F)c2C#N)CC1. The van der Waals surface area contributed by atoms with Crippen molar-refractivity contribution in [2.75, 3.05) is 38.2 Å². The van der Waals surface area contributed by atoms with E-state index in [9.17, 15) is 14.4 Å². The quantitative estimate of drug-likeness (QED) is 0.772. The van der Waals surface area contributed by atoms with Crippen LogP contribution in [0.15, 0.2) is 36.4 Å². The van der Waals surface area contributed by atoms with Crippen molar-refractivity contribution in [3.63, 3.8) is 0 Å². The van der Waals surface area contributed by atoms with Crippen molar-refractivity contribution < 1.29 is 13.9 Å². The molecule has 4 rings (SSSR count). The van der Waals surface area contributed by atoms with Crippen LogP contribution in [-0.2, 0) is 11.2 Å². The number of hydrogen-bond donors (Lipinski definition) is 0. The van der Waals surface area contributed by atoms with Crippen LogP contribution >= 0.6 is 0 Å². The fraction of sp³-hybridized carbons (Fsp3) is 0.417. The Labute approximate surface area is 176 Å². The number of hydrogen-bond acceptors (Lipinski definition) is 4. The molecule has 1 aliphatic heterocycles. The first kappa shape index (κ1) is 20.2. The molecule has 2 aromatic rings. The van der Waals surface area contributed by atoms with Gasteiger partial charge >= 0.3 is 0 Å². The number of methoxy groups -OCH3 is 1. The maximum absolute atomic E-state index is 13.9. The molecular weight excluding hydrogens is 381 g/mol. The lowest BCUT2D eigenvalue weighted by Gasteiger charge is -2.37. The molecule has 1 unspecified atom stereocenters. The predicted octanol–water partition coefficient (Wildman–Crippen LogP) is 3.86. The Morgan fingerprint density at radius 2 is 2.03 bits per heavy atom. The highest BCUT2D eigenvalue weighted by molar-refractivity contribution is 5.78. The summed E-state index contributed by atoms with van der Waals surface area (Å²) in [5, 5.41) is 9.28. The topological polar surface area (TPSA) is 56.6 Å². The average Bonchev–Trinajstić information content (AvgIpc) is 2.78. The van der Waals surface area contributed by atoms with Crippen LogP contribution in [0.3, 0.4) is 0 Å². The van der Waals surface area contributed by atoms with Gasteiger partial charge in [0.25, 0.3) is 0 Å². The molecule has 2 aliphatic rings. The Morgan fingerprint density at radius 3 is 2.77 bits per heavy atom. The molecule has 2 aromatic carbocycles. The molecule has 1 amide bonds. The number of fused-ring (bicyclic) bond motifs is 1. The summed E-state index contributed by atoms with van der Waals surface area (Å²) < 4.78 is 19.3. The van der Waals surface area contributed by atoms with E-state index in [2.05, 4.69) is 12.1 Å². The number of benzene rings is 2. The third-order valence-corrected chi connectivity index (χ3v) is 6.29. The summed E-state index contributed by atoms with van der Waals surface area (Å²) in [6.45, 7) is 2.37. The van der Waals surface area contributed by atoms with Crippen LogP contribution in [0.1, 0.15) is 41.9 Å². The van der Waals surface area contributed by atoms with Crippen molar-refractivity contribution in [1.82, 2.24) is 4.90 Å².